The van der Waals surface area contributed by atoms with Crippen molar-refractivity contribution in [3.63, 3.8) is 0 Å². The van der Waals surface area contributed by atoms with Crippen LogP contribution in [0.3, 0.4) is 0 Å². The van der Waals surface area contributed by atoms with Gasteiger partial charge in [0, 0.05) is 6.54 Å². The van der Waals surface area contributed by atoms with Gasteiger partial charge >= 0.3 is 0 Å². The van der Waals surface area contributed by atoms with Gasteiger partial charge in [0.05, 0.1) is 12.4 Å². The van der Waals surface area contributed by atoms with Crippen molar-refractivity contribution in [3.05, 3.63) is 35.4 Å². The van der Waals surface area contributed by atoms with Gasteiger partial charge < -0.3 is 10.0 Å². The fourth-order valence-electron chi connectivity index (χ4n) is 2.23. The number of aliphatic hydroxyl groups excluding tert-OH is 1. The van der Waals surface area contributed by atoms with Crippen LogP contribution in [0.25, 0.3) is 0 Å². The van der Waals surface area contributed by atoms with Crippen LogP contribution in [0.5, 0.6) is 0 Å². The highest BCUT2D eigenvalue weighted by molar-refractivity contribution is 8.00. The standard InChI is InChI=1S/C15H21NO2S/c1-15(2,3)12-6-4-11(5-7-12)14-16(8-9-17)13(18)10-19-14/h4-7,14,17H,8-10H2,1-3H3/t14-/m0/s1. The normalized spacial score (nSPS) is 20.1. The molecule has 3 nitrogen and oxygen atoms in total. The highest BCUT2D eigenvalue weighted by Crippen LogP contribution is 2.38. The maximum absolute atomic E-state index is 11.8. The monoisotopic (exact) mass is 279 g/mol. The van der Waals surface area contributed by atoms with Crippen molar-refractivity contribution in [2.24, 2.45) is 0 Å². The second-order valence-corrected chi connectivity index (χ2v) is 6.91. The molecule has 2 rings (SSSR count). The minimum Gasteiger partial charge on any atom is -0.395 e. The molecular formula is C15H21NO2S. The number of thioether (sulfide) groups is 1. The third-order valence-corrected chi connectivity index (χ3v) is 4.63. The molecule has 1 heterocycles. The lowest BCUT2D eigenvalue weighted by molar-refractivity contribution is -0.128. The summed E-state index contributed by atoms with van der Waals surface area (Å²) in [6.45, 7) is 7.00. The minimum atomic E-state index is 0.0167. The molecule has 1 aliphatic rings. The summed E-state index contributed by atoms with van der Waals surface area (Å²) in [5.41, 5.74) is 2.57. The van der Waals surface area contributed by atoms with Gasteiger partial charge in [-0.25, -0.2) is 0 Å². The molecule has 0 aliphatic carbocycles. The molecule has 1 fully saturated rings. The van der Waals surface area contributed by atoms with E-state index in [9.17, 15) is 4.79 Å². The van der Waals surface area contributed by atoms with E-state index in [0.717, 1.165) is 5.56 Å². The van der Waals surface area contributed by atoms with Gasteiger partial charge in [-0.05, 0) is 16.5 Å². The fourth-order valence-corrected chi connectivity index (χ4v) is 3.45. The molecule has 0 unspecified atom stereocenters. The van der Waals surface area contributed by atoms with E-state index in [1.807, 2.05) is 0 Å². The van der Waals surface area contributed by atoms with Crippen LogP contribution in [0, 0.1) is 0 Å². The van der Waals surface area contributed by atoms with E-state index in [2.05, 4.69) is 45.0 Å². The number of benzene rings is 1. The zero-order chi connectivity index (χ0) is 14.0. The van der Waals surface area contributed by atoms with Crippen LogP contribution in [0.4, 0.5) is 0 Å². The van der Waals surface area contributed by atoms with E-state index in [4.69, 9.17) is 5.11 Å². The third kappa shape index (κ3) is 3.12. The van der Waals surface area contributed by atoms with E-state index in [1.165, 1.54) is 5.56 Å². The predicted octanol–water partition coefficient (Wildman–Crippen LogP) is 2.55. The lowest BCUT2D eigenvalue weighted by atomic mass is 9.87. The van der Waals surface area contributed by atoms with Crippen molar-refractivity contribution in [2.45, 2.75) is 31.6 Å². The molecule has 4 heteroatoms. The summed E-state index contributed by atoms with van der Waals surface area (Å²) in [4.78, 5) is 13.5. The molecule has 1 saturated heterocycles. The number of nitrogens with zero attached hydrogens (tertiary/aromatic N) is 1. The first-order chi connectivity index (χ1) is 8.93. The average Bonchev–Trinajstić information content (AvgIpc) is 2.71. The fraction of sp³-hybridized carbons (Fsp3) is 0.533. The lowest BCUT2D eigenvalue weighted by Gasteiger charge is -2.24. The van der Waals surface area contributed by atoms with Crippen LogP contribution in [0.2, 0.25) is 0 Å². The van der Waals surface area contributed by atoms with Crippen LogP contribution in [0.15, 0.2) is 24.3 Å². The summed E-state index contributed by atoms with van der Waals surface area (Å²) in [5, 5.41) is 9.11. The van der Waals surface area contributed by atoms with Crippen molar-refractivity contribution >= 4 is 17.7 Å². The Morgan fingerprint density at radius 3 is 2.47 bits per heavy atom. The maximum Gasteiger partial charge on any atom is 0.233 e. The highest BCUT2D eigenvalue weighted by Gasteiger charge is 2.32. The molecule has 0 bridgehead atoms. The van der Waals surface area contributed by atoms with Crippen LogP contribution in [-0.4, -0.2) is 34.8 Å². The number of carbonyl (C=O) groups excluding carboxylic acids is 1. The van der Waals surface area contributed by atoms with Crippen LogP contribution >= 0.6 is 11.8 Å². The first kappa shape index (κ1) is 14.4. The Balaban J connectivity index is 2.20. The van der Waals surface area contributed by atoms with E-state index in [1.54, 1.807) is 16.7 Å². The molecule has 1 N–H and O–H groups in total. The van der Waals surface area contributed by atoms with Gasteiger partial charge in [-0.2, -0.15) is 0 Å². The van der Waals surface area contributed by atoms with Crippen molar-refractivity contribution in [2.75, 3.05) is 18.9 Å². The topological polar surface area (TPSA) is 40.5 Å². The largest absolute Gasteiger partial charge is 0.395 e. The van der Waals surface area contributed by atoms with Crippen molar-refractivity contribution in [3.8, 4) is 0 Å². The predicted molar refractivity (Wildman–Crippen MR) is 79.1 cm³/mol. The molecule has 19 heavy (non-hydrogen) atoms. The van der Waals surface area contributed by atoms with Crippen molar-refractivity contribution in [1.29, 1.82) is 0 Å². The van der Waals surface area contributed by atoms with E-state index in [-0.39, 0.29) is 23.3 Å². The molecule has 0 aromatic heterocycles. The quantitative estimate of drug-likeness (QED) is 0.924. The SMILES string of the molecule is CC(C)(C)c1ccc([C@@H]2SCC(=O)N2CCO)cc1. The molecule has 0 saturated carbocycles. The lowest BCUT2D eigenvalue weighted by Crippen LogP contribution is -2.30. The highest BCUT2D eigenvalue weighted by atomic mass is 32.2. The van der Waals surface area contributed by atoms with Gasteiger partial charge in [0.25, 0.3) is 0 Å². The molecule has 1 aromatic carbocycles. The van der Waals surface area contributed by atoms with Crippen LogP contribution in [0.1, 0.15) is 37.3 Å². The summed E-state index contributed by atoms with van der Waals surface area (Å²) in [7, 11) is 0. The average molecular weight is 279 g/mol. The molecule has 104 valence electrons. The number of rotatable bonds is 3. The zero-order valence-electron chi connectivity index (χ0n) is 11.7. The van der Waals surface area contributed by atoms with Gasteiger partial charge in [0.2, 0.25) is 5.91 Å². The molecule has 0 radical (unpaired) electrons. The van der Waals surface area contributed by atoms with Crippen LogP contribution in [-0.2, 0) is 10.2 Å². The van der Waals surface area contributed by atoms with Gasteiger partial charge in [0.1, 0.15) is 5.37 Å². The zero-order valence-corrected chi connectivity index (χ0v) is 12.5. The maximum atomic E-state index is 11.8. The number of carbonyl (C=O) groups is 1. The Kier molecular flexibility index (Phi) is 4.21. The smallest absolute Gasteiger partial charge is 0.233 e. The first-order valence-electron chi connectivity index (χ1n) is 6.56. The Hall–Kier alpha value is -1.00. The van der Waals surface area contributed by atoms with Crippen molar-refractivity contribution < 1.29 is 9.90 Å². The number of β-amino-alcohol motifs (C(OH)–C–C–N with tert-alkyl or cyclic N) is 1. The van der Waals surface area contributed by atoms with E-state index in [0.29, 0.717) is 12.3 Å². The molecule has 1 aliphatic heterocycles. The van der Waals surface area contributed by atoms with Gasteiger partial charge in [-0.15, -0.1) is 11.8 Å². The minimum absolute atomic E-state index is 0.0167. The Morgan fingerprint density at radius 2 is 1.95 bits per heavy atom. The number of hydrogen-bond donors (Lipinski definition) is 1. The Labute approximate surface area is 119 Å². The van der Waals surface area contributed by atoms with Crippen molar-refractivity contribution in [1.82, 2.24) is 4.90 Å². The number of amides is 1. The molecular weight excluding hydrogens is 258 g/mol. The first-order valence-corrected chi connectivity index (χ1v) is 7.61. The third-order valence-electron chi connectivity index (χ3n) is 3.37. The Morgan fingerprint density at radius 1 is 1.32 bits per heavy atom. The summed E-state index contributed by atoms with van der Waals surface area (Å²) in [5.74, 6) is 0.620. The van der Waals surface area contributed by atoms with E-state index >= 15 is 0 Å². The second-order valence-electron chi connectivity index (χ2n) is 5.85. The number of hydrogen-bond acceptors (Lipinski definition) is 3. The second kappa shape index (κ2) is 5.55. The van der Waals surface area contributed by atoms with Crippen LogP contribution < -0.4 is 0 Å². The molecule has 1 atom stereocenters. The molecule has 1 amide bonds. The van der Waals surface area contributed by atoms with E-state index < -0.39 is 0 Å². The summed E-state index contributed by atoms with van der Waals surface area (Å²) < 4.78 is 0. The summed E-state index contributed by atoms with van der Waals surface area (Å²) >= 11 is 1.63. The Bertz CT molecular complexity index is 450. The number of aliphatic hydroxyl groups is 1. The molecule has 1 aromatic rings. The van der Waals surface area contributed by atoms with Gasteiger partial charge in [-0.1, -0.05) is 45.0 Å². The van der Waals surface area contributed by atoms with Gasteiger partial charge in [-0.3, -0.25) is 4.79 Å². The van der Waals surface area contributed by atoms with Gasteiger partial charge in [0.15, 0.2) is 0 Å². The summed E-state index contributed by atoms with van der Waals surface area (Å²) in [6.07, 6.45) is 0. The summed E-state index contributed by atoms with van der Waals surface area (Å²) in [6, 6.07) is 8.47. The molecule has 0 spiro atoms.